The maximum absolute atomic E-state index is 15.7. The van der Waals surface area contributed by atoms with E-state index in [-0.39, 0.29) is 11.6 Å². The van der Waals surface area contributed by atoms with Crippen molar-refractivity contribution in [3.05, 3.63) is 77.2 Å². The van der Waals surface area contributed by atoms with Crippen LogP contribution in [-0.2, 0) is 9.53 Å². The molecule has 1 aromatic carbocycles. The molecule has 0 aliphatic carbocycles. The average molecular weight is 572 g/mol. The van der Waals surface area contributed by atoms with Crippen LogP contribution in [0.1, 0.15) is 35.0 Å². The van der Waals surface area contributed by atoms with Crippen molar-refractivity contribution in [3.8, 4) is 5.69 Å². The Hall–Kier alpha value is -4.55. The normalized spacial score (nSPS) is 15.5. The zero-order valence-electron chi connectivity index (χ0n) is 22.2. The van der Waals surface area contributed by atoms with Gasteiger partial charge in [-0.2, -0.15) is 4.68 Å². The van der Waals surface area contributed by atoms with Gasteiger partial charge in [0.2, 0.25) is 0 Å². The Kier molecular flexibility index (Phi) is 7.49. The lowest BCUT2D eigenvalue weighted by molar-refractivity contribution is -0.137. The molecule has 0 spiro atoms. The third-order valence-corrected chi connectivity index (χ3v) is 7.90. The molecule has 41 heavy (non-hydrogen) atoms. The Morgan fingerprint density at radius 2 is 2.12 bits per heavy atom. The molecule has 0 unspecified atom stereocenters. The van der Waals surface area contributed by atoms with E-state index < -0.39 is 17.7 Å². The summed E-state index contributed by atoms with van der Waals surface area (Å²) in [6.45, 7) is 3.44. The van der Waals surface area contributed by atoms with E-state index in [4.69, 9.17) is 4.74 Å². The van der Waals surface area contributed by atoms with Crippen molar-refractivity contribution in [2.45, 2.75) is 25.8 Å². The summed E-state index contributed by atoms with van der Waals surface area (Å²) in [5.41, 5.74) is 1.40. The summed E-state index contributed by atoms with van der Waals surface area (Å²) < 4.78 is 23.0. The number of piperidine rings is 1. The SMILES string of the molecule is CCOC(=O)/C=C/c1cc2c(N(C(=O)c3ccc(-n4nnc5cccnc54)cc3F)[C@@H]3CCCNC3)nccc2s1. The number of rotatable bonds is 7. The number of aromatic nitrogens is 5. The number of pyridine rings is 2. The molecule has 1 saturated heterocycles. The molecule has 1 N–H and O–H groups in total. The van der Waals surface area contributed by atoms with Gasteiger partial charge in [0.05, 0.1) is 23.9 Å². The lowest BCUT2D eigenvalue weighted by Crippen LogP contribution is -2.49. The van der Waals surface area contributed by atoms with Gasteiger partial charge in [-0.15, -0.1) is 16.4 Å². The molecule has 208 valence electrons. The number of carbonyl (C=O) groups excluding carboxylic acids is 2. The van der Waals surface area contributed by atoms with Gasteiger partial charge in [0.25, 0.3) is 5.91 Å². The Morgan fingerprint density at radius 1 is 1.22 bits per heavy atom. The topological polar surface area (TPSA) is 115 Å². The van der Waals surface area contributed by atoms with Crippen molar-refractivity contribution < 1.29 is 18.7 Å². The second-order valence-electron chi connectivity index (χ2n) is 9.47. The number of benzene rings is 1. The van der Waals surface area contributed by atoms with E-state index in [9.17, 15) is 9.59 Å². The fourth-order valence-corrected chi connectivity index (χ4v) is 5.91. The van der Waals surface area contributed by atoms with Crippen LogP contribution in [0.3, 0.4) is 0 Å². The number of thiophene rings is 1. The predicted molar refractivity (Wildman–Crippen MR) is 155 cm³/mol. The molecule has 1 atom stereocenters. The van der Waals surface area contributed by atoms with E-state index in [0.717, 1.165) is 34.3 Å². The third-order valence-electron chi connectivity index (χ3n) is 6.83. The van der Waals surface area contributed by atoms with Gasteiger partial charge >= 0.3 is 5.97 Å². The molecule has 5 aromatic rings. The Morgan fingerprint density at radius 3 is 2.93 bits per heavy atom. The van der Waals surface area contributed by atoms with E-state index in [2.05, 4.69) is 25.6 Å². The zero-order chi connectivity index (χ0) is 28.3. The first-order valence-corrected chi connectivity index (χ1v) is 14.1. The molecule has 0 bridgehead atoms. The van der Waals surface area contributed by atoms with Gasteiger partial charge in [-0.3, -0.25) is 9.69 Å². The summed E-state index contributed by atoms with van der Waals surface area (Å²) in [5, 5.41) is 12.3. The van der Waals surface area contributed by atoms with Gasteiger partial charge in [0, 0.05) is 46.0 Å². The van der Waals surface area contributed by atoms with E-state index in [0.29, 0.717) is 35.8 Å². The summed E-state index contributed by atoms with van der Waals surface area (Å²) in [5.74, 6) is -1.15. The van der Waals surface area contributed by atoms with Crippen LogP contribution in [0, 0.1) is 5.82 Å². The third kappa shape index (κ3) is 5.31. The first-order chi connectivity index (χ1) is 20.0. The van der Waals surface area contributed by atoms with Gasteiger partial charge in [-0.05, 0) is 68.8 Å². The molecule has 1 fully saturated rings. The molecule has 1 aliphatic rings. The Labute approximate surface area is 238 Å². The number of nitrogens with zero attached hydrogens (tertiary/aromatic N) is 6. The second kappa shape index (κ2) is 11.5. The standard InChI is InChI=1S/C29H26FN7O3S/c1-2-40-26(38)10-8-20-16-22-25(41-20)11-14-33-27(22)36(19-5-3-12-31-17-19)29(39)21-9-7-18(15-23(21)30)37-28-24(34-35-37)6-4-13-32-28/h4,6-11,13-16,19,31H,2-3,5,12,17H2,1H3/b10-8+/t19-/m1/s1. The predicted octanol–water partition coefficient (Wildman–Crippen LogP) is 4.54. The van der Waals surface area contributed by atoms with E-state index in [1.165, 1.54) is 34.2 Å². The van der Waals surface area contributed by atoms with Crippen LogP contribution in [0.4, 0.5) is 10.2 Å². The summed E-state index contributed by atoms with van der Waals surface area (Å²) in [6.07, 6.45) is 7.93. The number of carbonyl (C=O) groups is 2. The fourth-order valence-electron chi connectivity index (χ4n) is 4.95. The summed E-state index contributed by atoms with van der Waals surface area (Å²) in [7, 11) is 0. The first kappa shape index (κ1) is 26.7. The van der Waals surface area contributed by atoms with Crippen LogP contribution in [0.2, 0.25) is 0 Å². The number of nitrogens with one attached hydrogen (secondary N) is 1. The number of amides is 1. The number of hydrogen-bond acceptors (Lipinski definition) is 9. The molecule has 1 amide bonds. The van der Waals surface area contributed by atoms with E-state index >= 15 is 4.39 Å². The first-order valence-electron chi connectivity index (χ1n) is 13.3. The minimum absolute atomic E-state index is 0.0758. The van der Waals surface area contributed by atoms with Gasteiger partial charge in [0.1, 0.15) is 17.2 Å². The summed E-state index contributed by atoms with van der Waals surface area (Å²) >= 11 is 1.46. The number of anilines is 1. The van der Waals surface area contributed by atoms with Crippen molar-refractivity contribution in [2.75, 3.05) is 24.6 Å². The monoisotopic (exact) mass is 571 g/mol. The molecule has 0 radical (unpaired) electrons. The van der Waals surface area contributed by atoms with Crippen LogP contribution in [0.25, 0.3) is 33.0 Å². The van der Waals surface area contributed by atoms with Crippen LogP contribution < -0.4 is 10.2 Å². The summed E-state index contributed by atoms with van der Waals surface area (Å²) in [6, 6.07) is 11.4. The number of ether oxygens (including phenoxy) is 1. The molecule has 6 rings (SSSR count). The number of fused-ring (bicyclic) bond motifs is 2. The molecule has 12 heteroatoms. The van der Waals surface area contributed by atoms with Gasteiger partial charge in [-0.25, -0.2) is 19.2 Å². The van der Waals surface area contributed by atoms with E-state index in [1.54, 1.807) is 48.5 Å². The lowest BCUT2D eigenvalue weighted by Gasteiger charge is -2.34. The highest BCUT2D eigenvalue weighted by molar-refractivity contribution is 7.20. The molecule has 4 aromatic heterocycles. The number of halogens is 1. The molecular formula is C29H26FN7O3S. The lowest BCUT2D eigenvalue weighted by atomic mass is 10.0. The van der Waals surface area contributed by atoms with E-state index in [1.807, 2.05) is 12.1 Å². The highest BCUT2D eigenvalue weighted by atomic mass is 32.1. The van der Waals surface area contributed by atoms with Gasteiger partial charge in [-0.1, -0.05) is 5.21 Å². The van der Waals surface area contributed by atoms with Crippen molar-refractivity contribution >= 4 is 56.4 Å². The van der Waals surface area contributed by atoms with Crippen LogP contribution >= 0.6 is 11.3 Å². The highest BCUT2D eigenvalue weighted by Gasteiger charge is 2.32. The quantitative estimate of drug-likeness (QED) is 0.224. The maximum atomic E-state index is 15.7. The van der Waals surface area contributed by atoms with Crippen molar-refractivity contribution in [2.24, 2.45) is 0 Å². The molecular weight excluding hydrogens is 545 g/mol. The molecule has 1 aliphatic heterocycles. The maximum Gasteiger partial charge on any atom is 0.330 e. The van der Waals surface area contributed by atoms with Crippen LogP contribution in [0.5, 0.6) is 0 Å². The molecule has 10 nitrogen and oxygen atoms in total. The van der Waals surface area contributed by atoms with Crippen LogP contribution in [-0.4, -0.2) is 62.6 Å². The Balaban J connectivity index is 1.38. The zero-order valence-corrected chi connectivity index (χ0v) is 23.0. The smallest absolute Gasteiger partial charge is 0.330 e. The van der Waals surface area contributed by atoms with Crippen LogP contribution in [0.15, 0.2) is 60.9 Å². The highest BCUT2D eigenvalue weighted by Crippen LogP contribution is 2.35. The number of hydrogen-bond donors (Lipinski definition) is 1. The minimum atomic E-state index is -0.684. The second-order valence-corrected chi connectivity index (χ2v) is 10.6. The van der Waals surface area contributed by atoms with Crippen molar-refractivity contribution in [3.63, 3.8) is 0 Å². The fraction of sp³-hybridized carbons (Fsp3) is 0.241. The van der Waals surface area contributed by atoms with Crippen molar-refractivity contribution in [1.82, 2.24) is 30.3 Å². The number of esters is 1. The Bertz CT molecular complexity index is 1780. The van der Waals surface area contributed by atoms with Crippen molar-refractivity contribution in [1.29, 1.82) is 0 Å². The largest absolute Gasteiger partial charge is 0.463 e. The molecule has 5 heterocycles. The average Bonchev–Trinajstić information content (AvgIpc) is 3.62. The van der Waals surface area contributed by atoms with Gasteiger partial charge in [0.15, 0.2) is 5.65 Å². The van der Waals surface area contributed by atoms with Gasteiger partial charge < -0.3 is 10.1 Å². The summed E-state index contributed by atoms with van der Waals surface area (Å²) in [4.78, 5) is 37.2. The molecule has 0 saturated carbocycles. The minimum Gasteiger partial charge on any atom is -0.463 e.